The first-order valence-corrected chi connectivity index (χ1v) is 12.7. The van der Waals surface area contributed by atoms with Gasteiger partial charge in [-0.25, -0.2) is 4.79 Å². The molecule has 1 aromatic carbocycles. The van der Waals surface area contributed by atoms with Gasteiger partial charge in [-0.3, -0.25) is 9.59 Å². The van der Waals surface area contributed by atoms with Gasteiger partial charge in [0.25, 0.3) is 5.91 Å². The van der Waals surface area contributed by atoms with Crippen LogP contribution in [0.5, 0.6) is 5.75 Å². The number of ketones is 1. The third kappa shape index (κ3) is 4.76. The normalized spacial score (nSPS) is 37.3. The van der Waals surface area contributed by atoms with Crippen molar-refractivity contribution in [1.29, 1.82) is 0 Å². The number of methoxy groups -OCH3 is 1. The molecule has 0 unspecified atom stereocenters. The highest BCUT2D eigenvalue weighted by atomic mass is 16.7. The lowest BCUT2D eigenvalue weighted by Gasteiger charge is -2.45. The number of cyclic esters (lactones) is 1. The number of aliphatic hydroxyl groups is 2. The van der Waals surface area contributed by atoms with E-state index in [4.69, 9.17) is 14.2 Å². The van der Waals surface area contributed by atoms with Crippen LogP contribution in [-0.4, -0.2) is 58.5 Å². The molecule has 9 nitrogen and oxygen atoms in total. The van der Waals surface area contributed by atoms with Crippen LogP contribution in [0.25, 0.3) is 0 Å². The van der Waals surface area contributed by atoms with Crippen LogP contribution in [0.15, 0.2) is 59.9 Å². The summed E-state index contributed by atoms with van der Waals surface area (Å²) in [5, 5.41) is 24.9. The Balaban J connectivity index is 1.79. The molecule has 1 spiro atoms. The number of Topliss-reactive ketones (excluding diaryl/α,β-unsaturated/α-hetero) is 1. The maximum atomic E-state index is 13.8. The molecule has 1 aliphatic carbocycles. The lowest BCUT2D eigenvalue weighted by atomic mass is 9.63. The second-order valence-electron chi connectivity index (χ2n) is 10.6. The van der Waals surface area contributed by atoms with Gasteiger partial charge in [-0.15, -0.1) is 0 Å². The van der Waals surface area contributed by atoms with Crippen LogP contribution < -0.4 is 10.1 Å². The highest BCUT2D eigenvalue weighted by Gasteiger charge is 2.66. The average Bonchev–Trinajstić information content (AvgIpc) is 3.15. The van der Waals surface area contributed by atoms with E-state index in [1.54, 1.807) is 33.1 Å². The lowest BCUT2D eigenvalue weighted by Crippen LogP contribution is -2.59. The minimum atomic E-state index is -1.86. The van der Waals surface area contributed by atoms with Crippen molar-refractivity contribution < 1.29 is 38.8 Å². The number of hydrogen-bond donors (Lipinski definition) is 3. The molecule has 38 heavy (non-hydrogen) atoms. The van der Waals surface area contributed by atoms with Gasteiger partial charge in [-0.2, -0.15) is 0 Å². The SMILES string of the molecule is COc1ccc(C[C@H]2NC(=O)[C@]34OC(=O)O/C=C/[C@](C)(O)C(=O)[C@H](C)C/C=C/[C@@H]3[C@@H](O)C(C)=C(C)[C@H]24)cc1. The third-order valence-electron chi connectivity index (χ3n) is 8.11. The molecule has 3 aliphatic rings. The molecule has 4 rings (SSSR count). The Morgan fingerprint density at radius 1 is 1.13 bits per heavy atom. The molecule has 3 N–H and O–H groups in total. The molecule has 204 valence electrons. The number of aliphatic hydroxyl groups excluding tert-OH is 1. The summed E-state index contributed by atoms with van der Waals surface area (Å²) in [4.78, 5) is 39.4. The van der Waals surface area contributed by atoms with E-state index in [9.17, 15) is 24.6 Å². The van der Waals surface area contributed by atoms with Crippen LogP contribution >= 0.6 is 0 Å². The van der Waals surface area contributed by atoms with Gasteiger partial charge < -0.3 is 29.7 Å². The quantitative estimate of drug-likeness (QED) is 0.406. The smallest absolute Gasteiger partial charge is 0.497 e. The number of amides is 1. The lowest BCUT2D eigenvalue weighted by molar-refractivity contribution is -0.151. The Morgan fingerprint density at radius 2 is 1.82 bits per heavy atom. The van der Waals surface area contributed by atoms with E-state index >= 15 is 0 Å². The van der Waals surface area contributed by atoms with E-state index in [1.165, 1.54) is 6.92 Å². The van der Waals surface area contributed by atoms with Crippen LogP contribution in [0.3, 0.4) is 0 Å². The third-order valence-corrected chi connectivity index (χ3v) is 8.11. The maximum absolute atomic E-state index is 13.8. The summed E-state index contributed by atoms with van der Waals surface area (Å²) in [6.07, 6.45) is 3.71. The number of carbonyl (C=O) groups is 3. The van der Waals surface area contributed by atoms with Gasteiger partial charge in [-0.1, -0.05) is 36.8 Å². The highest BCUT2D eigenvalue weighted by Crippen LogP contribution is 2.50. The second kappa shape index (κ2) is 10.4. The Morgan fingerprint density at radius 3 is 2.47 bits per heavy atom. The van der Waals surface area contributed by atoms with Gasteiger partial charge in [-0.05, 0) is 63.0 Å². The van der Waals surface area contributed by atoms with Crippen LogP contribution in [0.1, 0.15) is 39.7 Å². The molecule has 9 heteroatoms. The van der Waals surface area contributed by atoms with Crippen molar-refractivity contribution in [1.82, 2.24) is 5.32 Å². The second-order valence-corrected chi connectivity index (χ2v) is 10.6. The topological polar surface area (TPSA) is 131 Å². The summed E-state index contributed by atoms with van der Waals surface area (Å²) < 4.78 is 16.2. The van der Waals surface area contributed by atoms with Crippen molar-refractivity contribution >= 4 is 17.8 Å². The number of nitrogens with one attached hydrogen (secondary N) is 1. The Labute approximate surface area is 222 Å². The minimum Gasteiger partial charge on any atom is -0.497 e. The van der Waals surface area contributed by atoms with Crippen LogP contribution in [0.4, 0.5) is 4.79 Å². The Bertz CT molecular complexity index is 1200. The molecule has 0 saturated carbocycles. The van der Waals surface area contributed by atoms with E-state index in [0.717, 1.165) is 23.5 Å². The van der Waals surface area contributed by atoms with Gasteiger partial charge in [0, 0.05) is 12.0 Å². The van der Waals surface area contributed by atoms with E-state index in [1.807, 2.05) is 31.2 Å². The Hall–Kier alpha value is -3.43. The van der Waals surface area contributed by atoms with Crippen molar-refractivity contribution in [2.24, 2.45) is 17.8 Å². The first kappa shape index (κ1) is 27.6. The van der Waals surface area contributed by atoms with Gasteiger partial charge >= 0.3 is 6.16 Å². The van der Waals surface area contributed by atoms with E-state index < -0.39 is 58.9 Å². The molecule has 1 aromatic rings. The number of hydrogen-bond acceptors (Lipinski definition) is 8. The summed E-state index contributed by atoms with van der Waals surface area (Å²) in [7, 11) is 1.59. The van der Waals surface area contributed by atoms with Gasteiger partial charge in [0.1, 0.15) is 11.4 Å². The highest BCUT2D eigenvalue weighted by molar-refractivity contribution is 5.93. The van der Waals surface area contributed by atoms with E-state index in [0.29, 0.717) is 17.7 Å². The summed E-state index contributed by atoms with van der Waals surface area (Å²) in [6.45, 7) is 6.62. The summed E-state index contributed by atoms with van der Waals surface area (Å²) >= 11 is 0. The van der Waals surface area contributed by atoms with Crippen molar-refractivity contribution in [2.45, 2.75) is 63.9 Å². The molecular formula is C29H35NO8. The molecule has 0 bridgehead atoms. The molecule has 1 saturated heterocycles. The van der Waals surface area contributed by atoms with E-state index in [2.05, 4.69) is 5.32 Å². The first-order chi connectivity index (χ1) is 17.9. The number of carbonyl (C=O) groups excluding carboxylic acids is 3. The zero-order valence-corrected chi connectivity index (χ0v) is 22.3. The fourth-order valence-corrected chi connectivity index (χ4v) is 5.88. The molecule has 2 heterocycles. The zero-order chi connectivity index (χ0) is 27.8. The monoisotopic (exact) mass is 525 g/mol. The van der Waals surface area contributed by atoms with Crippen molar-refractivity contribution in [3.63, 3.8) is 0 Å². The fraction of sp³-hybridized carbons (Fsp3) is 0.483. The van der Waals surface area contributed by atoms with Crippen molar-refractivity contribution in [3.8, 4) is 5.75 Å². The number of allylic oxidation sites excluding steroid dienone is 1. The standard InChI is InChI=1S/C29H35NO8/c1-16-7-6-8-21-24(31)18(3)17(2)23-22(15-19-9-11-20(36-5)12-10-19)30-26(33)29(21,23)38-27(34)37-14-13-28(4,35)25(16)32/h6,8-14,16,21-24,31,35H,7,15H2,1-5H3,(H,30,33)/b8-6+,14-13+/t16-,21-,22-,23-,24+,28+,29+/m1/s1. The molecule has 2 aliphatic heterocycles. The summed E-state index contributed by atoms with van der Waals surface area (Å²) in [5.74, 6) is -2.39. The first-order valence-electron chi connectivity index (χ1n) is 12.7. The summed E-state index contributed by atoms with van der Waals surface area (Å²) in [6, 6.07) is 7.05. The molecule has 1 amide bonds. The van der Waals surface area contributed by atoms with Crippen LogP contribution in [0, 0.1) is 17.8 Å². The minimum absolute atomic E-state index is 0.250. The van der Waals surface area contributed by atoms with E-state index in [-0.39, 0.29) is 6.42 Å². The summed E-state index contributed by atoms with van der Waals surface area (Å²) in [5.41, 5.74) is -1.27. The van der Waals surface area contributed by atoms with Crippen molar-refractivity contribution in [3.05, 3.63) is 65.5 Å². The van der Waals surface area contributed by atoms with Gasteiger partial charge in [0.15, 0.2) is 5.78 Å². The zero-order valence-electron chi connectivity index (χ0n) is 22.3. The number of ether oxygens (including phenoxy) is 3. The fourth-order valence-electron chi connectivity index (χ4n) is 5.88. The largest absolute Gasteiger partial charge is 0.514 e. The number of benzene rings is 1. The van der Waals surface area contributed by atoms with Crippen LogP contribution in [0.2, 0.25) is 0 Å². The molecule has 0 radical (unpaired) electrons. The molecule has 0 aromatic heterocycles. The number of rotatable bonds is 3. The predicted octanol–water partition coefficient (Wildman–Crippen LogP) is 3.00. The molecular weight excluding hydrogens is 490 g/mol. The van der Waals surface area contributed by atoms with Gasteiger partial charge in [0.2, 0.25) is 5.60 Å². The molecule has 7 atom stereocenters. The maximum Gasteiger partial charge on any atom is 0.514 e. The molecule has 1 fully saturated rings. The average molecular weight is 526 g/mol. The Kier molecular flexibility index (Phi) is 7.54. The van der Waals surface area contributed by atoms with Crippen LogP contribution in [-0.2, 0) is 25.5 Å². The predicted molar refractivity (Wildman–Crippen MR) is 138 cm³/mol. The van der Waals surface area contributed by atoms with Gasteiger partial charge in [0.05, 0.1) is 31.3 Å². The van der Waals surface area contributed by atoms with Crippen molar-refractivity contribution in [2.75, 3.05) is 7.11 Å².